The molecule has 1 aromatic carbocycles. The van der Waals surface area contributed by atoms with Crippen molar-refractivity contribution in [3.05, 3.63) is 59.7 Å². The van der Waals surface area contributed by atoms with Gasteiger partial charge in [-0.2, -0.15) is 0 Å². The lowest BCUT2D eigenvalue weighted by atomic mass is 9.98. The summed E-state index contributed by atoms with van der Waals surface area (Å²) in [6.45, 7) is 2.88. The molecule has 148 valence electrons. The van der Waals surface area contributed by atoms with Crippen molar-refractivity contribution in [2.45, 2.75) is 18.5 Å². The van der Waals surface area contributed by atoms with Crippen LogP contribution in [0.5, 0.6) is 0 Å². The molecule has 0 radical (unpaired) electrons. The summed E-state index contributed by atoms with van der Waals surface area (Å²) in [5.41, 5.74) is 0.769. The molecule has 28 heavy (non-hydrogen) atoms. The summed E-state index contributed by atoms with van der Waals surface area (Å²) in [6, 6.07) is 4.20. The van der Waals surface area contributed by atoms with Gasteiger partial charge in [0.15, 0.2) is 5.82 Å². The van der Waals surface area contributed by atoms with Gasteiger partial charge in [0.2, 0.25) is 11.9 Å². The van der Waals surface area contributed by atoms with Gasteiger partial charge >= 0.3 is 0 Å². The fraction of sp³-hybridized carbons (Fsp3) is 0.263. The number of hydrogen-bond acceptors (Lipinski definition) is 4. The smallest absolute Gasteiger partial charge is 0.254 e. The Labute approximate surface area is 160 Å². The molecule has 1 N–H and O–H groups in total. The maximum Gasteiger partial charge on any atom is 0.254 e. The first-order chi connectivity index (χ1) is 13.3. The Hall–Kier alpha value is -3.23. The molecule has 0 aliphatic heterocycles. The molecular formula is C19H19F3N4O2. The second-order valence-corrected chi connectivity index (χ2v) is 6.50. The van der Waals surface area contributed by atoms with Gasteiger partial charge in [0.25, 0.3) is 5.91 Å². The lowest BCUT2D eigenvalue weighted by Crippen LogP contribution is -2.35. The van der Waals surface area contributed by atoms with Crippen molar-refractivity contribution in [3.8, 4) is 0 Å². The molecule has 2 aromatic rings. The van der Waals surface area contributed by atoms with Crippen molar-refractivity contribution in [2.24, 2.45) is 0 Å². The summed E-state index contributed by atoms with van der Waals surface area (Å²) in [5.74, 6) is -3.01. The predicted octanol–water partition coefficient (Wildman–Crippen LogP) is 3.34. The van der Waals surface area contributed by atoms with E-state index in [0.29, 0.717) is 5.56 Å². The first kappa shape index (κ1) is 19.5. The highest BCUT2D eigenvalue weighted by atomic mass is 19.1. The zero-order valence-electron chi connectivity index (χ0n) is 15.0. The Balaban J connectivity index is 0.00000300. The molecule has 2 atom stereocenters. The Kier molecular flexibility index (Phi) is 5.43. The molecule has 1 aliphatic carbocycles. The van der Waals surface area contributed by atoms with Crippen LogP contribution in [0.15, 0.2) is 37.2 Å². The van der Waals surface area contributed by atoms with E-state index in [0.717, 1.165) is 17.3 Å². The maximum absolute atomic E-state index is 13.6. The fourth-order valence-electron chi connectivity index (χ4n) is 2.75. The largest absolute Gasteiger partial charge is 0.332 e. The Morgan fingerprint density at radius 2 is 2.00 bits per heavy atom. The quantitative estimate of drug-likeness (QED) is 0.818. The van der Waals surface area contributed by atoms with E-state index in [4.69, 9.17) is 0 Å². The zero-order chi connectivity index (χ0) is 20.4. The van der Waals surface area contributed by atoms with Crippen LogP contribution in [0.3, 0.4) is 0 Å². The van der Waals surface area contributed by atoms with Crippen LogP contribution < -0.4 is 5.32 Å². The third kappa shape index (κ3) is 4.36. The number of aromatic nitrogens is 2. The first-order valence-corrected chi connectivity index (χ1v) is 8.42. The lowest BCUT2D eigenvalue weighted by molar-refractivity contribution is -0.116. The van der Waals surface area contributed by atoms with Gasteiger partial charge in [0.1, 0.15) is 12.0 Å². The number of carbonyl (C=O) groups excluding carboxylic acids is 2. The summed E-state index contributed by atoms with van der Waals surface area (Å²) in [5, 5.41) is 2.34. The average molecular weight is 392 g/mol. The van der Waals surface area contributed by atoms with Gasteiger partial charge in [-0.15, -0.1) is 0 Å². The van der Waals surface area contributed by atoms with Gasteiger partial charge in [-0.1, -0.05) is 12.6 Å². The molecule has 0 unspecified atom stereocenters. The predicted molar refractivity (Wildman–Crippen MR) is 98.5 cm³/mol. The van der Waals surface area contributed by atoms with Crippen LogP contribution in [0.25, 0.3) is 5.83 Å². The van der Waals surface area contributed by atoms with E-state index in [2.05, 4.69) is 21.9 Å². The van der Waals surface area contributed by atoms with E-state index in [-0.39, 0.29) is 31.5 Å². The SMILES string of the molecule is C=C(F)c1ccc(C(=O)N(C)CC(=O)Nc2ncc(F)cn2)c([C@@H]2C[C@H]2F)c1.[HH]. The topological polar surface area (TPSA) is 75.2 Å². The first-order valence-electron chi connectivity index (χ1n) is 8.42. The Bertz CT molecular complexity index is 940. The van der Waals surface area contributed by atoms with Crippen molar-refractivity contribution in [1.29, 1.82) is 0 Å². The molecule has 0 saturated heterocycles. The normalized spacial score (nSPS) is 17.7. The number of nitrogens with zero attached hydrogens (tertiary/aromatic N) is 3. The number of anilines is 1. The van der Waals surface area contributed by atoms with Crippen LogP contribution in [-0.2, 0) is 4.79 Å². The van der Waals surface area contributed by atoms with Crippen molar-refractivity contribution in [1.82, 2.24) is 14.9 Å². The Morgan fingerprint density at radius 1 is 1.36 bits per heavy atom. The van der Waals surface area contributed by atoms with Crippen molar-refractivity contribution >= 4 is 23.6 Å². The van der Waals surface area contributed by atoms with Gasteiger partial charge in [-0.05, 0) is 24.1 Å². The number of amides is 2. The fourth-order valence-corrected chi connectivity index (χ4v) is 2.75. The third-order valence-corrected chi connectivity index (χ3v) is 4.31. The lowest BCUT2D eigenvalue weighted by Gasteiger charge is -2.19. The highest BCUT2D eigenvalue weighted by molar-refractivity contribution is 6.00. The van der Waals surface area contributed by atoms with Gasteiger partial charge in [0, 0.05) is 25.5 Å². The van der Waals surface area contributed by atoms with Gasteiger partial charge in [-0.25, -0.2) is 23.1 Å². The average Bonchev–Trinajstić information content (AvgIpc) is 3.38. The van der Waals surface area contributed by atoms with E-state index in [9.17, 15) is 22.8 Å². The van der Waals surface area contributed by atoms with Crippen molar-refractivity contribution in [2.75, 3.05) is 18.9 Å². The molecule has 1 saturated carbocycles. The molecule has 9 heteroatoms. The van der Waals surface area contributed by atoms with Crippen LogP contribution in [0.4, 0.5) is 19.1 Å². The number of hydrogen-bond donors (Lipinski definition) is 1. The molecule has 1 fully saturated rings. The second-order valence-electron chi connectivity index (χ2n) is 6.50. The summed E-state index contributed by atoms with van der Waals surface area (Å²) in [7, 11) is 1.40. The molecule has 1 aromatic heterocycles. The van der Waals surface area contributed by atoms with Gasteiger partial charge in [0.05, 0.1) is 18.9 Å². The number of alkyl halides is 1. The van der Waals surface area contributed by atoms with Crippen LogP contribution >= 0.6 is 0 Å². The minimum atomic E-state index is -1.08. The van der Waals surface area contributed by atoms with Crippen molar-refractivity contribution < 1.29 is 24.2 Å². The van der Waals surface area contributed by atoms with E-state index in [1.165, 1.54) is 25.2 Å². The van der Waals surface area contributed by atoms with E-state index >= 15 is 0 Å². The standard InChI is InChI=1S/C19H17F3N4O2.H2/c1-10(20)11-3-4-13(14(5-11)15-6-16(15)22)18(28)26(2)9-17(27)25-19-23-7-12(21)8-24-19;/h3-5,7-8,15-16H,1,6,9H2,2H3,(H,23,24,25,27);1H/t15-,16+;/m0./s1. The zero-order valence-corrected chi connectivity index (χ0v) is 15.0. The number of carbonyl (C=O) groups is 2. The van der Waals surface area contributed by atoms with E-state index < -0.39 is 35.5 Å². The number of nitrogens with one attached hydrogen (secondary N) is 1. The van der Waals surface area contributed by atoms with Crippen LogP contribution in [0, 0.1) is 5.82 Å². The minimum Gasteiger partial charge on any atom is -0.332 e. The number of halogens is 3. The van der Waals surface area contributed by atoms with Gasteiger partial charge < -0.3 is 4.90 Å². The number of benzene rings is 1. The molecule has 0 bridgehead atoms. The number of likely N-dealkylation sites (N-methyl/N-ethyl adjacent to an activating group) is 1. The molecule has 0 spiro atoms. The second kappa shape index (κ2) is 7.79. The van der Waals surface area contributed by atoms with Crippen LogP contribution in [0.1, 0.15) is 35.3 Å². The summed E-state index contributed by atoms with van der Waals surface area (Å²) in [6.07, 6.45) is 0.966. The van der Waals surface area contributed by atoms with Gasteiger partial charge in [-0.3, -0.25) is 14.9 Å². The minimum absolute atomic E-state index is 0. The molecule has 1 heterocycles. The third-order valence-electron chi connectivity index (χ3n) is 4.31. The maximum atomic E-state index is 13.6. The number of rotatable bonds is 6. The summed E-state index contributed by atoms with van der Waals surface area (Å²) in [4.78, 5) is 33.2. The van der Waals surface area contributed by atoms with Crippen molar-refractivity contribution in [3.63, 3.8) is 0 Å². The molecule has 3 rings (SSSR count). The highest BCUT2D eigenvalue weighted by Gasteiger charge is 2.41. The summed E-state index contributed by atoms with van der Waals surface area (Å²) < 4.78 is 39.8. The summed E-state index contributed by atoms with van der Waals surface area (Å²) >= 11 is 0. The van der Waals surface area contributed by atoms with Crippen LogP contribution in [-0.4, -0.2) is 46.4 Å². The van der Waals surface area contributed by atoms with E-state index in [1.54, 1.807) is 0 Å². The molecule has 6 nitrogen and oxygen atoms in total. The van der Waals surface area contributed by atoms with E-state index in [1.807, 2.05) is 0 Å². The highest BCUT2D eigenvalue weighted by Crippen LogP contribution is 2.45. The van der Waals surface area contributed by atoms with Crippen LogP contribution in [0.2, 0.25) is 0 Å². The molecule has 1 aliphatic rings. The molecular weight excluding hydrogens is 373 g/mol. The molecule has 2 amide bonds. The monoisotopic (exact) mass is 392 g/mol. The Morgan fingerprint density at radius 3 is 2.57 bits per heavy atom.